The lowest BCUT2D eigenvalue weighted by Gasteiger charge is -2.35. The van der Waals surface area contributed by atoms with E-state index in [0.717, 1.165) is 26.2 Å². The molecule has 0 aliphatic carbocycles. The first kappa shape index (κ1) is 15.6. The smallest absolute Gasteiger partial charge is 0.328 e. The van der Waals surface area contributed by atoms with Gasteiger partial charge in [-0.25, -0.2) is 4.79 Å². The van der Waals surface area contributed by atoms with Gasteiger partial charge in [-0.05, 0) is 26.1 Å². The van der Waals surface area contributed by atoms with Gasteiger partial charge < -0.3 is 9.74 Å². The molecule has 2 aliphatic rings. The van der Waals surface area contributed by atoms with Gasteiger partial charge in [0.1, 0.15) is 6.04 Å². The number of amides is 2. The summed E-state index contributed by atoms with van der Waals surface area (Å²) in [6, 6.07) is 5.93. The van der Waals surface area contributed by atoms with Crippen LogP contribution in [-0.2, 0) is 9.63 Å². The minimum atomic E-state index is -0.593. The largest absolute Gasteiger partial charge is 0.349 e. The number of piperazine rings is 1. The lowest BCUT2D eigenvalue weighted by Crippen LogP contribution is -2.52. The third-order valence-corrected chi connectivity index (χ3v) is 4.36. The standard InChI is InChI=1S/C16H19N3O4/c1-11(18-9-7-17(2)8-10-18)16(22)23-19-14(20)12-5-3-4-6-13(12)15(19)21/h3-6,11H,7-10H2,1-2H3. The van der Waals surface area contributed by atoms with E-state index in [1.54, 1.807) is 31.2 Å². The van der Waals surface area contributed by atoms with E-state index in [1.165, 1.54) is 0 Å². The molecule has 1 atom stereocenters. The van der Waals surface area contributed by atoms with Gasteiger partial charge in [-0.1, -0.05) is 17.2 Å². The van der Waals surface area contributed by atoms with Gasteiger partial charge in [-0.15, -0.1) is 0 Å². The number of nitrogens with zero attached hydrogens (tertiary/aromatic N) is 3. The molecule has 7 nitrogen and oxygen atoms in total. The van der Waals surface area contributed by atoms with E-state index in [2.05, 4.69) is 4.90 Å². The third-order valence-electron chi connectivity index (χ3n) is 4.36. The Morgan fingerprint density at radius 1 is 1.04 bits per heavy atom. The molecule has 122 valence electrons. The monoisotopic (exact) mass is 317 g/mol. The summed E-state index contributed by atoms with van der Waals surface area (Å²) in [6.45, 7) is 4.95. The van der Waals surface area contributed by atoms with E-state index in [4.69, 9.17) is 4.84 Å². The molecular formula is C16H19N3O4. The summed E-state index contributed by atoms with van der Waals surface area (Å²) < 4.78 is 0. The minimum Gasteiger partial charge on any atom is -0.328 e. The molecule has 1 aromatic carbocycles. The maximum absolute atomic E-state index is 12.3. The summed E-state index contributed by atoms with van der Waals surface area (Å²) in [7, 11) is 2.03. The molecule has 23 heavy (non-hydrogen) atoms. The first-order valence-corrected chi connectivity index (χ1v) is 7.61. The lowest BCUT2D eigenvalue weighted by molar-refractivity contribution is -0.175. The normalized spacial score (nSPS) is 20.5. The summed E-state index contributed by atoms with van der Waals surface area (Å²) in [4.78, 5) is 45.9. The molecule has 1 unspecified atom stereocenters. The Labute approximate surface area is 134 Å². The first-order chi connectivity index (χ1) is 11.0. The topological polar surface area (TPSA) is 70.2 Å². The third kappa shape index (κ3) is 2.85. The van der Waals surface area contributed by atoms with Gasteiger partial charge in [-0.2, -0.15) is 0 Å². The van der Waals surface area contributed by atoms with Crippen LogP contribution in [0.5, 0.6) is 0 Å². The number of carbonyl (C=O) groups is 3. The zero-order chi connectivity index (χ0) is 16.6. The Hall–Kier alpha value is -2.25. The molecule has 0 aromatic heterocycles. The summed E-state index contributed by atoms with van der Waals surface area (Å²) in [5.41, 5.74) is 0.523. The van der Waals surface area contributed by atoms with Crippen LogP contribution in [0.4, 0.5) is 0 Å². The van der Waals surface area contributed by atoms with Crippen LogP contribution in [0, 0.1) is 0 Å². The fourth-order valence-electron chi connectivity index (χ4n) is 2.77. The zero-order valence-electron chi connectivity index (χ0n) is 13.2. The minimum absolute atomic E-state index is 0.262. The molecule has 0 bridgehead atoms. The van der Waals surface area contributed by atoms with Crippen molar-refractivity contribution in [3.05, 3.63) is 35.4 Å². The van der Waals surface area contributed by atoms with Gasteiger partial charge in [0.15, 0.2) is 0 Å². The molecule has 0 spiro atoms. The molecular weight excluding hydrogens is 298 g/mol. The number of hydrogen-bond donors (Lipinski definition) is 0. The number of rotatable bonds is 3. The molecule has 2 aliphatic heterocycles. The van der Waals surface area contributed by atoms with E-state index in [1.807, 2.05) is 11.9 Å². The molecule has 3 rings (SSSR count). The van der Waals surface area contributed by atoms with Gasteiger partial charge in [0.2, 0.25) is 0 Å². The van der Waals surface area contributed by atoms with Gasteiger partial charge in [0.05, 0.1) is 11.1 Å². The summed E-state index contributed by atoms with van der Waals surface area (Å²) >= 11 is 0. The number of benzene rings is 1. The number of fused-ring (bicyclic) bond motifs is 1. The average Bonchev–Trinajstić information content (AvgIpc) is 2.80. The SMILES string of the molecule is CC(C(=O)ON1C(=O)c2ccccc2C1=O)N1CCN(C)CC1. The second-order valence-electron chi connectivity index (χ2n) is 5.88. The molecule has 7 heteroatoms. The van der Waals surface area contributed by atoms with Crippen LogP contribution in [0.25, 0.3) is 0 Å². The second kappa shape index (κ2) is 6.10. The van der Waals surface area contributed by atoms with Crippen LogP contribution in [0.3, 0.4) is 0 Å². The summed E-state index contributed by atoms with van der Waals surface area (Å²) in [5, 5.41) is 0.569. The van der Waals surface area contributed by atoms with Crippen LogP contribution >= 0.6 is 0 Å². The van der Waals surface area contributed by atoms with Crippen molar-refractivity contribution in [1.29, 1.82) is 0 Å². The predicted molar refractivity (Wildman–Crippen MR) is 81.6 cm³/mol. The molecule has 0 saturated carbocycles. The average molecular weight is 317 g/mol. The molecule has 0 radical (unpaired) electrons. The lowest BCUT2D eigenvalue weighted by atomic mass is 10.1. The quantitative estimate of drug-likeness (QED) is 0.751. The number of hydrogen-bond acceptors (Lipinski definition) is 6. The molecule has 0 N–H and O–H groups in total. The van der Waals surface area contributed by atoms with Crippen molar-refractivity contribution in [3.63, 3.8) is 0 Å². The van der Waals surface area contributed by atoms with Crippen LogP contribution in [-0.4, -0.2) is 71.9 Å². The highest BCUT2D eigenvalue weighted by molar-refractivity contribution is 6.20. The zero-order valence-corrected chi connectivity index (χ0v) is 13.2. The fourth-order valence-corrected chi connectivity index (χ4v) is 2.77. The van der Waals surface area contributed by atoms with Gasteiger partial charge in [-0.3, -0.25) is 14.5 Å². The highest BCUT2D eigenvalue weighted by Crippen LogP contribution is 2.23. The second-order valence-corrected chi connectivity index (χ2v) is 5.88. The van der Waals surface area contributed by atoms with Gasteiger partial charge in [0, 0.05) is 26.2 Å². The maximum atomic E-state index is 12.3. The maximum Gasteiger partial charge on any atom is 0.349 e. The Morgan fingerprint density at radius 3 is 2.09 bits per heavy atom. The molecule has 2 amide bonds. The Kier molecular flexibility index (Phi) is 4.14. The van der Waals surface area contributed by atoms with E-state index in [-0.39, 0.29) is 11.1 Å². The van der Waals surface area contributed by atoms with Crippen molar-refractivity contribution < 1.29 is 19.2 Å². The van der Waals surface area contributed by atoms with E-state index in [9.17, 15) is 14.4 Å². The molecule has 1 saturated heterocycles. The summed E-state index contributed by atoms with van der Waals surface area (Å²) in [5.74, 6) is -1.78. The van der Waals surface area contributed by atoms with Crippen molar-refractivity contribution in [3.8, 4) is 0 Å². The van der Waals surface area contributed by atoms with Crippen molar-refractivity contribution in [2.24, 2.45) is 0 Å². The van der Waals surface area contributed by atoms with Gasteiger partial charge in [0.25, 0.3) is 11.8 Å². The number of imide groups is 1. The molecule has 1 fully saturated rings. The van der Waals surface area contributed by atoms with Crippen molar-refractivity contribution in [2.75, 3.05) is 33.2 Å². The fraction of sp³-hybridized carbons (Fsp3) is 0.438. The Balaban J connectivity index is 1.67. The van der Waals surface area contributed by atoms with Crippen LogP contribution in [0.15, 0.2) is 24.3 Å². The van der Waals surface area contributed by atoms with Crippen molar-refractivity contribution in [2.45, 2.75) is 13.0 Å². The summed E-state index contributed by atoms with van der Waals surface area (Å²) in [6.07, 6.45) is 0. The number of carbonyl (C=O) groups excluding carboxylic acids is 3. The van der Waals surface area contributed by atoms with Crippen LogP contribution in [0.1, 0.15) is 27.6 Å². The Morgan fingerprint density at radius 2 is 1.57 bits per heavy atom. The highest BCUT2D eigenvalue weighted by Gasteiger charge is 2.40. The number of hydroxylamine groups is 2. The highest BCUT2D eigenvalue weighted by atomic mass is 16.7. The van der Waals surface area contributed by atoms with Crippen LogP contribution < -0.4 is 0 Å². The van der Waals surface area contributed by atoms with E-state index >= 15 is 0 Å². The Bertz CT molecular complexity index is 617. The van der Waals surface area contributed by atoms with Crippen LogP contribution in [0.2, 0.25) is 0 Å². The van der Waals surface area contributed by atoms with Crippen molar-refractivity contribution >= 4 is 17.8 Å². The van der Waals surface area contributed by atoms with Crippen molar-refractivity contribution in [1.82, 2.24) is 14.9 Å². The van der Waals surface area contributed by atoms with Gasteiger partial charge >= 0.3 is 5.97 Å². The molecule has 1 aromatic rings. The molecule has 2 heterocycles. The van der Waals surface area contributed by atoms with E-state index < -0.39 is 23.8 Å². The number of likely N-dealkylation sites (N-methyl/N-ethyl adjacent to an activating group) is 1. The van der Waals surface area contributed by atoms with E-state index in [0.29, 0.717) is 5.06 Å². The predicted octanol–water partition coefficient (Wildman–Crippen LogP) is 0.377. The first-order valence-electron chi connectivity index (χ1n) is 7.61.